The van der Waals surface area contributed by atoms with E-state index in [1.165, 1.54) is 0 Å². The van der Waals surface area contributed by atoms with Gasteiger partial charge in [0.1, 0.15) is 11.6 Å². The second kappa shape index (κ2) is 8.49. The first-order valence-electron chi connectivity index (χ1n) is 8.21. The number of methoxy groups -OCH3 is 1. The first kappa shape index (κ1) is 18.0. The monoisotopic (exact) mass is 330 g/mol. The lowest BCUT2D eigenvalue weighted by Gasteiger charge is -2.20. The number of nitrogens with two attached hydrogens (primary N) is 1. The van der Waals surface area contributed by atoms with Gasteiger partial charge in [0.2, 0.25) is 5.95 Å². The molecule has 0 bridgehead atoms. The highest BCUT2D eigenvalue weighted by atomic mass is 16.5. The van der Waals surface area contributed by atoms with Crippen LogP contribution < -0.4 is 15.8 Å². The highest BCUT2D eigenvalue weighted by Crippen LogP contribution is 2.26. The maximum absolute atomic E-state index is 9.56. The van der Waals surface area contributed by atoms with Crippen LogP contribution in [-0.2, 0) is 6.42 Å². The van der Waals surface area contributed by atoms with Crippen molar-refractivity contribution in [3.63, 3.8) is 0 Å². The molecule has 0 aliphatic rings. The number of nitrogens with zero attached hydrogens (tertiary/aromatic N) is 2. The Morgan fingerprint density at radius 1 is 1.29 bits per heavy atom. The van der Waals surface area contributed by atoms with Crippen molar-refractivity contribution in [2.45, 2.75) is 39.2 Å². The van der Waals surface area contributed by atoms with E-state index in [2.05, 4.69) is 22.2 Å². The molecule has 1 aromatic carbocycles. The molecule has 0 amide bonds. The molecule has 0 radical (unpaired) electrons. The number of ether oxygens (including phenoxy) is 1. The molecule has 0 spiro atoms. The maximum Gasteiger partial charge on any atom is 0.222 e. The standard InChI is InChI=1S/C18H26N4O2/c1-4-7-14(11-23)21-17-15(12(2)20-18(19)22-17)10-13-8-5-6-9-16(13)24-3/h5-6,8-9,14,23H,4,7,10-11H2,1-3H3,(H3,19,20,21,22)/t14-/m0/s1. The van der Waals surface area contributed by atoms with Crippen molar-refractivity contribution in [3.8, 4) is 5.75 Å². The lowest BCUT2D eigenvalue weighted by molar-refractivity contribution is 0.268. The summed E-state index contributed by atoms with van der Waals surface area (Å²) in [6, 6.07) is 7.82. The largest absolute Gasteiger partial charge is 0.496 e. The number of hydrogen-bond donors (Lipinski definition) is 3. The molecule has 0 fully saturated rings. The van der Waals surface area contributed by atoms with Gasteiger partial charge in [-0.3, -0.25) is 0 Å². The number of aliphatic hydroxyl groups is 1. The van der Waals surface area contributed by atoms with Crippen molar-refractivity contribution in [1.82, 2.24) is 9.97 Å². The molecule has 6 heteroatoms. The van der Waals surface area contributed by atoms with Crippen molar-refractivity contribution < 1.29 is 9.84 Å². The summed E-state index contributed by atoms with van der Waals surface area (Å²) in [7, 11) is 1.66. The van der Waals surface area contributed by atoms with Crippen molar-refractivity contribution in [1.29, 1.82) is 0 Å². The lowest BCUT2D eigenvalue weighted by Crippen LogP contribution is -2.25. The molecule has 1 heterocycles. The Kier molecular flexibility index (Phi) is 6.37. The number of hydrogen-bond acceptors (Lipinski definition) is 6. The third kappa shape index (κ3) is 4.35. The second-order valence-electron chi connectivity index (χ2n) is 5.80. The number of para-hydroxylation sites is 1. The SMILES string of the molecule is CCC[C@@H](CO)Nc1nc(N)nc(C)c1Cc1ccccc1OC. The molecule has 1 atom stereocenters. The summed E-state index contributed by atoms with van der Waals surface area (Å²) in [5.74, 6) is 1.73. The van der Waals surface area contributed by atoms with Gasteiger partial charge in [-0.25, -0.2) is 4.98 Å². The van der Waals surface area contributed by atoms with Crippen LogP contribution in [0.2, 0.25) is 0 Å². The molecule has 4 N–H and O–H groups in total. The predicted octanol–water partition coefficient (Wildman–Crippen LogP) is 2.54. The Morgan fingerprint density at radius 3 is 2.71 bits per heavy atom. The van der Waals surface area contributed by atoms with Crippen LogP contribution in [0, 0.1) is 6.92 Å². The molecule has 2 aromatic rings. The van der Waals surface area contributed by atoms with Gasteiger partial charge in [-0.1, -0.05) is 31.5 Å². The summed E-state index contributed by atoms with van der Waals surface area (Å²) in [4.78, 5) is 8.65. The minimum absolute atomic E-state index is 0.0465. The molecule has 2 rings (SSSR count). The van der Waals surface area contributed by atoms with Crippen LogP contribution in [0.4, 0.5) is 11.8 Å². The van der Waals surface area contributed by atoms with Gasteiger partial charge in [-0.15, -0.1) is 0 Å². The van der Waals surface area contributed by atoms with E-state index in [1.807, 2.05) is 31.2 Å². The zero-order valence-corrected chi connectivity index (χ0v) is 14.5. The molecule has 0 aliphatic carbocycles. The number of nitrogen functional groups attached to an aromatic ring is 1. The van der Waals surface area contributed by atoms with Crippen LogP contribution in [0.1, 0.15) is 36.6 Å². The average molecular weight is 330 g/mol. The van der Waals surface area contributed by atoms with Crippen molar-refractivity contribution in [2.24, 2.45) is 0 Å². The minimum Gasteiger partial charge on any atom is -0.496 e. The Balaban J connectivity index is 2.37. The zero-order valence-electron chi connectivity index (χ0n) is 14.5. The highest BCUT2D eigenvalue weighted by molar-refractivity contribution is 5.53. The molecular weight excluding hydrogens is 304 g/mol. The number of rotatable bonds is 8. The Hall–Kier alpha value is -2.34. The molecule has 6 nitrogen and oxygen atoms in total. The molecule has 0 aliphatic heterocycles. The predicted molar refractivity (Wildman–Crippen MR) is 96.4 cm³/mol. The van der Waals surface area contributed by atoms with E-state index in [4.69, 9.17) is 10.5 Å². The molecule has 0 saturated heterocycles. The molecular formula is C18H26N4O2. The van der Waals surface area contributed by atoms with Crippen LogP contribution in [0.25, 0.3) is 0 Å². The third-order valence-corrected chi connectivity index (χ3v) is 3.99. The number of nitrogens with one attached hydrogen (secondary N) is 1. The fraction of sp³-hybridized carbons (Fsp3) is 0.444. The average Bonchev–Trinajstić information content (AvgIpc) is 2.57. The lowest BCUT2D eigenvalue weighted by atomic mass is 10.0. The van der Waals surface area contributed by atoms with Crippen LogP contribution in [-0.4, -0.2) is 34.8 Å². The van der Waals surface area contributed by atoms with Gasteiger partial charge < -0.3 is 20.9 Å². The van der Waals surface area contributed by atoms with E-state index in [0.29, 0.717) is 12.2 Å². The smallest absolute Gasteiger partial charge is 0.222 e. The second-order valence-corrected chi connectivity index (χ2v) is 5.80. The van der Waals surface area contributed by atoms with E-state index >= 15 is 0 Å². The Bertz CT molecular complexity index is 676. The van der Waals surface area contributed by atoms with Gasteiger partial charge in [0.15, 0.2) is 0 Å². The van der Waals surface area contributed by atoms with Crippen molar-refractivity contribution in [2.75, 3.05) is 24.8 Å². The summed E-state index contributed by atoms with van der Waals surface area (Å²) in [6.45, 7) is 4.05. The summed E-state index contributed by atoms with van der Waals surface area (Å²) >= 11 is 0. The van der Waals surface area contributed by atoms with Crippen LogP contribution in [0.3, 0.4) is 0 Å². The summed E-state index contributed by atoms with van der Waals surface area (Å²) in [5, 5.41) is 12.9. The Morgan fingerprint density at radius 2 is 2.04 bits per heavy atom. The van der Waals surface area contributed by atoms with Gasteiger partial charge in [0.25, 0.3) is 0 Å². The third-order valence-electron chi connectivity index (χ3n) is 3.99. The number of aliphatic hydroxyl groups excluding tert-OH is 1. The van der Waals surface area contributed by atoms with E-state index in [-0.39, 0.29) is 18.6 Å². The zero-order chi connectivity index (χ0) is 17.5. The highest BCUT2D eigenvalue weighted by Gasteiger charge is 2.16. The normalized spacial score (nSPS) is 12.0. The molecule has 0 saturated carbocycles. The topological polar surface area (TPSA) is 93.3 Å². The minimum atomic E-state index is -0.0554. The molecule has 0 unspecified atom stereocenters. The van der Waals surface area contributed by atoms with Gasteiger partial charge in [0, 0.05) is 17.7 Å². The van der Waals surface area contributed by atoms with Gasteiger partial charge in [-0.2, -0.15) is 4.98 Å². The van der Waals surface area contributed by atoms with Crippen molar-refractivity contribution in [3.05, 3.63) is 41.1 Å². The molecule has 24 heavy (non-hydrogen) atoms. The van der Waals surface area contributed by atoms with Gasteiger partial charge >= 0.3 is 0 Å². The van der Waals surface area contributed by atoms with Crippen LogP contribution in [0.15, 0.2) is 24.3 Å². The fourth-order valence-electron chi connectivity index (χ4n) is 2.74. The van der Waals surface area contributed by atoms with E-state index < -0.39 is 0 Å². The number of benzene rings is 1. The fourth-order valence-corrected chi connectivity index (χ4v) is 2.74. The molecule has 130 valence electrons. The Labute approximate surface area is 143 Å². The number of aromatic nitrogens is 2. The van der Waals surface area contributed by atoms with E-state index in [1.54, 1.807) is 7.11 Å². The molecule has 1 aromatic heterocycles. The number of anilines is 2. The van der Waals surface area contributed by atoms with Gasteiger partial charge in [0.05, 0.1) is 19.8 Å². The first-order valence-corrected chi connectivity index (χ1v) is 8.21. The van der Waals surface area contributed by atoms with Crippen molar-refractivity contribution >= 4 is 11.8 Å². The number of aryl methyl sites for hydroxylation is 1. The maximum atomic E-state index is 9.56. The first-order chi connectivity index (χ1) is 11.6. The van der Waals surface area contributed by atoms with Crippen LogP contribution >= 0.6 is 0 Å². The quantitative estimate of drug-likeness (QED) is 0.689. The van der Waals surface area contributed by atoms with E-state index in [0.717, 1.165) is 35.4 Å². The summed E-state index contributed by atoms with van der Waals surface area (Å²) < 4.78 is 5.44. The summed E-state index contributed by atoms with van der Waals surface area (Å²) in [6.07, 6.45) is 2.45. The van der Waals surface area contributed by atoms with Crippen LogP contribution in [0.5, 0.6) is 5.75 Å². The summed E-state index contributed by atoms with van der Waals surface area (Å²) in [5.41, 5.74) is 8.66. The van der Waals surface area contributed by atoms with Gasteiger partial charge in [-0.05, 0) is 25.0 Å². The van der Waals surface area contributed by atoms with E-state index in [9.17, 15) is 5.11 Å².